The molecule has 0 fully saturated rings. The molecule has 15 heavy (non-hydrogen) atoms. The summed E-state index contributed by atoms with van der Waals surface area (Å²) in [5, 5.41) is 9.70. The largest absolute Gasteiger partial charge is 0.478 e. The summed E-state index contributed by atoms with van der Waals surface area (Å²) < 4.78 is 0. The Morgan fingerprint density at radius 2 is 2.20 bits per heavy atom. The van der Waals surface area contributed by atoms with E-state index >= 15 is 0 Å². The maximum Gasteiger partial charge on any atom is 0.337 e. The molecule has 0 saturated heterocycles. The number of hydrogen-bond acceptors (Lipinski definition) is 2. The van der Waals surface area contributed by atoms with Crippen molar-refractivity contribution in [3.05, 3.63) is 34.3 Å². The van der Waals surface area contributed by atoms with Crippen LogP contribution in [0.2, 0.25) is 5.02 Å². The molecule has 82 valence electrons. The second-order valence-electron chi connectivity index (χ2n) is 3.48. The molecular formula is C11H13ClO2S. The van der Waals surface area contributed by atoms with E-state index in [1.165, 1.54) is 0 Å². The number of carboxylic acid groups (broad SMARTS) is 1. The van der Waals surface area contributed by atoms with Gasteiger partial charge in [0.1, 0.15) is 0 Å². The highest BCUT2D eigenvalue weighted by Crippen LogP contribution is 2.22. The minimum atomic E-state index is -0.976. The van der Waals surface area contributed by atoms with Crippen LogP contribution in [0.25, 0.3) is 0 Å². The zero-order chi connectivity index (χ0) is 11.4. The number of aromatic carboxylic acids is 1. The third-order valence-corrected chi connectivity index (χ3v) is 3.34. The molecule has 4 heteroatoms. The molecule has 0 aliphatic carbocycles. The molecule has 0 unspecified atom stereocenters. The van der Waals surface area contributed by atoms with E-state index in [9.17, 15) is 4.79 Å². The molecule has 0 aliphatic rings. The van der Waals surface area contributed by atoms with Crippen LogP contribution in [0.1, 0.15) is 29.8 Å². The van der Waals surface area contributed by atoms with E-state index in [1.807, 2.05) is 6.07 Å². The number of carboxylic acids is 1. The SMILES string of the molecule is CC(C)SCc1ccc(Cl)c(C(=O)O)c1. The molecule has 1 N–H and O–H groups in total. The Morgan fingerprint density at radius 1 is 1.53 bits per heavy atom. The monoisotopic (exact) mass is 244 g/mol. The first-order chi connectivity index (χ1) is 7.00. The molecule has 1 rings (SSSR count). The predicted octanol–water partition coefficient (Wildman–Crippen LogP) is 3.68. The van der Waals surface area contributed by atoms with Crippen molar-refractivity contribution in [2.45, 2.75) is 24.9 Å². The van der Waals surface area contributed by atoms with Gasteiger partial charge in [0.05, 0.1) is 10.6 Å². The number of thioether (sulfide) groups is 1. The Bertz CT molecular complexity index is 364. The molecular weight excluding hydrogens is 232 g/mol. The van der Waals surface area contributed by atoms with Crippen molar-refractivity contribution in [1.82, 2.24) is 0 Å². The number of halogens is 1. The predicted molar refractivity (Wildman–Crippen MR) is 64.8 cm³/mol. The van der Waals surface area contributed by atoms with Crippen LogP contribution < -0.4 is 0 Å². The second kappa shape index (κ2) is 5.42. The fourth-order valence-electron chi connectivity index (χ4n) is 1.09. The van der Waals surface area contributed by atoms with Gasteiger partial charge in [0.15, 0.2) is 0 Å². The van der Waals surface area contributed by atoms with Gasteiger partial charge in [-0.3, -0.25) is 0 Å². The summed E-state index contributed by atoms with van der Waals surface area (Å²) >= 11 is 7.54. The van der Waals surface area contributed by atoms with Crippen LogP contribution in [0.5, 0.6) is 0 Å². The van der Waals surface area contributed by atoms with Crippen molar-refractivity contribution in [2.24, 2.45) is 0 Å². The average Bonchev–Trinajstić information content (AvgIpc) is 2.16. The maximum absolute atomic E-state index is 10.8. The van der Waals surface area contributed by atoms with E-state index in [2.05, 4.69) is 13.8 Å². The van der Waals surface area contributed by atoms with E-state index in [0.717, 1.165) is 11.3 Å². The van der Waals surface area contributed by atoms with Crippen LogP contribution in [0.4, 0.5) is 0 Å². The van der Waals surface area contributed by atoms with Crippen molar-refractivity contribution in [1.29, 1.82) is 0 Å². The molecule has 0 amide bonds. The van der Waals surface area contributed by atoms with E-state index in [1.54, 1.807) is 23.9 Å². The Hall–Kier alpha value is -0.670. The molecule has 0 saturated carbocycles. The van der Waals surface area contributed by atoms with Crippen LogP contribution in [-0.2, 0) is 5.75 Å². The van der Waals surface area contributed by atoms with Crippen LogP contribution in [-0.4, -0.2) is 16.3 Å². The van der Waals surface area contributed by atoms with Crippen molar-refractivity contribution < 1.29 is 9.90 Å². The lowest BCUT2D eigenvalue weighted by Gasteiger charge is -2.06. The van der Waals surface area contributed by atoms with Gasteiger partial charge in [-0.05, 0) is 22.9 Å². The standard InChI is InChI=1S/C11H13ClO2S/c1-7(2)15-6-8-3-4-10(12)9(5-8)11(13)14/h3-5,7H,6H2,1-2H3,(H,13,14). The highest BCUT2D eigenvalue weighted by atomic mass is 35.5. The van der Waals surface area contributed by atoms with Crippen molar-refractivity contribution in [2.75, 3.05) is 0 Å². The number of rotatable bonds is 4. The zero-order valence-corrected chi connectivity index (χ0v) is 10.2. The summed E-state index contributed by atoms with van der Waals surface area (Å²) in [6.07, 6.45) is 0. The van der Waals surface area contributed by atoms with E-state index in [0.29, 0.717) is 10.3 Å². The summed E-state index contributed by atoms with van der Waals surface area (Å²) in [6, 6.07) is 5.14. The lowest BCUT2D eigenvalue weighted by atomic mass is 10.1. The van der Waals surface area contributed by atoms with Crippen molar-refractivity contribution in [3.8, 4) is 0 Å². The third-order valence-electron chi connectivity index (χ3n) is 1.84. The van der Waals surface area contributed by atoms with Gasteiger partial charge >= 0.3 is 5.97 Å². The third kappa shape index (κ3) is 3.76. The second-order valence-corrected chi connectivity index (χ2v) is 5.45. The van der Waals surface area contributed by atoms with Gasteiger partial charge in [-0.2, -0.15) is 11.8 Å². The summed E-state index contributed by atoms with van der Waals surface area (Å²) in [5.41, 5.74) is 1.18. The van der Waals surface area contributed by atoms with E-state index in [4.69, 9.17) is 16.7 Å². The summed E-state index contributed by atoms with van der Waals surface area (Å²) in [6.45, 7) is 4.22. The van der Waals surface area contributed by atoms with Gasteiger partial charge in [0.2, 0.25) is 0 Å². The molecule has 1 aromatic rings. The van der Waals surface area contributed by atoms with E-state index in [-0.39, 0.29) is 5.56 Å². The van der Waals surface area contributed by atoms with Gasteiger partial charge in [-0.25, -0.2) is 4.79 Å². The first kappa shape index (κ1) is 12.4. The van der Waals surface area contributed by atoms with Crippen LogP contribution >= 0.6 is 23.4 Å². The normalized spacial score (nSPS) is 10.7. The number of hydrogen-bond donors (Lipinski definition) is 1. The summed E-state index contributed by atoms with van der Waals surface area (Å²) in [5.74, 6) is -0.161. The minimum absolute atomic E-state index is 0.179. The molecule has 0 heterocycles. The maximum atomic E-state index is 10.8. The molecule has 0 aromatic heterocycles. The Kier molecular flexibility index (Phi) is 4.48. The summed E-state index contributed by atoms with van der Waals surface area (Å²) in [7, 11) is 0. The Morgan fingerprint density at radius 3 is 2.73 bits per heavy atom. The van der Waals surface area contributed by atoms with Crippen LogP contribution in [0.3, 0.4) is 0 Å². The van der Waals surface area contributed by atoms with Gasteiger partial charge < -0.3 is 5.11 Å². The van der Waals surface area contributed by atoms with Gasteiger partial charge in [0, 0.05) is 5.75 Å². The lowest BCUT2D eigenvalue weighted by molar-refractivity contribution is 0.0697. The molecule has 0 radical (unpaired) electrons. The highest BCUT2D eigenvalue weighted by Gasteiger charge is 2.09. The van der Waals surface area contributed by atoms with Crippen LogP contribution in [0.15, 0.2) is 18.2 Å². The fraction of sp³-hybridized carbons (Fsp3) is 0.364. The van der Waals surface area contributed by atoms with Crippen molar-refractivity contribution >= 4 is 29.3 Å². The fourth-order valence-corrected chi connectivity index (χ4v) is 1.99. The molecule has 0 aliphatic heterocycles. The molecule has 1 aromatic carbocycles. The zero-order valence-electron chi connectivity index (χ0n) is 8.66. The van der Waals surface area contributed by atoms with Gasteiger partial charge in [0.25, 0.3) is 0 Å². The molecule has 0 atom stereocenters. The minimum Gasteiger partial charge on any atom is -0.478 e. The highest BCUT2D eigenvalue weighted by molar-refractivity contribution is 7.99. The lowest BCUT2D eigenvalue weighted by Crippen LogP contribution is -1.99. The smallest absolute Gasteiger partial charge is 0.337 e. The number of benzene rings is 1. The molecule has 0 bridgehead atoms. The van der Waals surface area contributed by atoms with Gasteiger partial charge in [-0.15, -0.1) is 0 Å². The first-order valence-corrected chi connectivity index (χ1v) is 6.06. The average molecular weight is 245 g/mol. The number of carbonyl (C=O) groups is 1. The topological polar surface area (TPSA) is 37.3 Å². The van der Waals surface area contributed by atoms with Crippen molar-refractivity contribution in [3.63, 3.8) is 0 Å². The quantitative estimate of drug-likeness (QED) is 0.878. The molecule has 2 nitrogen and oxygen atoms in total. The Balaban J connectivity index is 2.83. The Labute approximate surface area is 98.6 Å². The first-order valence-electron chi connectivity index (χ1n) is 4.64. The van der Waals surface area contributed by atoms with Crippen LogP contribution in [0, 0.1) is 0 Å². The van der Waals surface area contributed by atoms with E-state index < -0.39 is 5.97 Å². The van der Waals surface area contributed by atoms with Gasteiger partial charge in [-0.1, -0.05) is 31.5 Å². The molecule has 0 spiro atoms. The summed E-state index contributed by atoms with van der Waals surface area (Å²) in [4.78, 5) is 10.8.